The Bertz CT molecular complexity index is 219. The van der Waals surface area contributed by atoms with E-state index in [1.54, 1.807) is 0 Å². The molecule has 0 amide bonds. The van der Waals surface area contributed by atoms with Crippen molar-refractivity contribution in [3.63, 3.8) is 0 Å². The summed E-state index contributed by atoms with van der Waals surface area (Å²) < 4.78 is 0. The van der Waals surface area contributed by atoms with Crippen LogP contribution in [0.3, 0.4) is 0 Å². The van der Waals surface area contributed by atoms with Gasteiger partial charge in [0.1, 0.15) is 0 Å². The average molecular weight is 254 g/mol. The van der Waals surface area contributed by atoms with Crippen molar-refractivity contribution in [3.05, 3.63) is 0 Å². The molecule has 1 rings (SSSR count). The lowest BCUT2D eigenvalue weighted by Crippen LogP contribution is -2.58. The summed E-state index contributed by atoms with van der Waals surface area (Å²) in [5, 5.41) is 3.63. The third kappa shape index (κ3) is 3.48. The van der Waals surface area contributed by atoms with Gasteiger partial charge in [-0.3, -0.25) is 4.90 Å². The highest BCUT2D eigenvalue weighted by molar-refractivity contribution is 4.98. The van der Waals surface area contributed by atoms with Crippen LogP contribution < -0.4 is 5.32 Å². The van der Waals surface area contributed by atoms with Gasteiger partial charge in [0.05, 0.1) is 0 Å². The summed E-state index contributed by atoms with van der Waals surface area (Å²) in [5.41, 5.74) is 0.341. The number of hydrogen-bond donors (Lipinski definition) is 1. The van der Waals surface area contributed by atoms with E-state index in [-0.39, 0.29) is 0 Å². The first-order chi connectivity index (χ1) is 8.62. The van der Waals surface area contributed by atoms with Gasteiger partial charge in [0, 0.05) is 11.6 Å². The van der Waals surface area contributed by atoms with E-state index >= 15 is 0 Å². The molecular formula is C16H34N2. The normalized spacial score (nSPS) is 22.3. The van der Waals surface area contributed by atoms with Gasteiger partial charge in [-0.15, -0.1) is 0 Å². The van der Waals surface area contributed by atoms with Gasteiger partial charge < -0.3 is 5.32 Å². The SMILES string of the molecule is CCC(CC)CC(NC)C(C)(CC)N1CCCC1. The van der Waals surface area contributed by atoms with Crippen molar-refractivity contribution >= 4 is 0 Å². The van der Waals surface area contributed by atoms with E-state index < -0.39 is 0 Å². The molecule has 0 aromatic rings. The maximum Gasteiger partial charge on any atom is 0.0331 e. The minimum atomic E-state index is 0.341. The lowest BCUT2D eigenvalue weighted by Gasteiger charge is -2.45. The highest BCUT2D eigenvalue weighted by Gasteiger charge is 2.39. The van der Waals surface area contributed by atoms with Gasteiger partial charge in [-0.25, -0.2) is 0 Å². The Morgan fingerprint density at radius 2 is 1.67 bits per heavy atom. The molecule has 108 valence electrons. The third-order valence-electron chi connectivity index (χ3n) is 5.37. The Kier molecular flexibility index (Phi) is 6.65. The van der Waals surface area contributed by atoms with Crippen LogP contribution in [-0.4, -0.2) is 36.6 Å². The van der Waals surface area contributed by atoms with Gasteiger partial charge in [-0.2, -0.15) is 0 Å². The van der Waals surface area contributed by atoms with E-state index in [0.29, 0.717) is 11.6 Å². The van der Waals surface area contributed by atoms with Gasteiger partial charge in [-0.1, -0.05) is 33.6 Å². The van der Waals surface area contributed by atoms with Crippen LogP contribution in [0.2, 0.25) is 0 Å². The highest BCUT2D eigenvalue weighted by atomic mass is 15.2. The zero-order valence-electron chi connectivity index (χ0n) is 13.3. The smallest absolute Gasteiger partial charge is 0.0331 e. The molecule has 1 heterocycles. The fourth-order valence-corrected chi connectivity index (χ4v) is 3.56. The van der Waals surface area contributed by atoms with Crippen molar-refractivity contribution in [1.29, 1.82) is 0 Å². The van der Waals surface area contributed by atoms with Crippen LogP contribution in [-0.2, 0) is 0 Å². The molecule has 1 aliphatic rings. The minimum absolute atomic E-state index is 0.341. The Labute approximate surface area is 115 Å². The van der Waals surface area contributed by atoms with Crippen LogP contribution in [0.5, 0.6) is 0 Å². The zero-order valence-corrected chi connectivity index (χ0v) is 13.3. The molecule has 0 radical (unpaired) electrons. The lowest BCUT2D eigenvalue weighted by molar-refractivity contribution is 0.0752. The zero-order chi connectivity index (χ0) is 13.6. The van der Waals surface area contributed by atoms with Crippen molar-refractivity contribution in [3.8, 4) is 0 Å². The maximum atomic E-state index is 3.63. The number of nitrogens with one attached hydrogen (secondary N) is 1. The van der Waals surface area contributed by atoms with E-state index in [2.05, 4.69) is 45.0 Å². The Morgan fingerprint density at radius 1 is 1.11 bits per heavy atom. The molecule has 1 fully saturated rings. The number of likely N-dealkylation sites (N-methyl/N-ethyl adjacent to an activating group) is 1. The quantitative estimate of drug-likeness (QED) is 0.711. The lowest BCUT2D eigenvalue weighted by atomic mass is 9.80. The monoisotopic (exact) mass is 254 g/mol. The second-order valence-corrected chi connectivity index (χ2v) is 6.16. The predicted octanol–water partition coefficient (Wildman–Crippen LogP) is 3.67. The molecule has 0 aliphatic carbocycles. The van der Waals surface area contributed by atoms with Gasteiger partial charge in [0.2, 0.25) is 0 Å². The van der Waals surface area contributed by atoms with Gasteiger partial charge in [0.25, 0.3) is 0 Å². The number of nitrogens with zero attached hydrogens (tertiary/aromatic N) is 1. The van der Waals surface area contributed by atoms with Gasteiger partial charge in [-0.05, 0) is 58.7 Å². The van der Waals surface area contributed by atoms with E-state index in [0.717, 1.165) is 5.92 Å². The standard InChI is InChI=1S/C16H34N2/c1-6-14(7-2)13-15(17-5)16(4,8-3)18-11-9-10-12-18/h14-15,17H,6-13H2,1-5H3. The summed E-state index contributed by atoms with van der Waals surface area (Å²) in [6.45, 7) is 12.1. The summed E-state index contributed by atoms with van der Waals surface area (Å²) >= 11 is 0. The average Bonchev–Trinajstić information content (AvgIpc) is 2.94. The van der Waals surface area contributed by atoms with Crippen molar-refractivity contribution in [2.45, 2.75) is 77.8 Å². The molecule has 1 aliphatic heterocycles. The Balaban J connectivity index is 2.74. The first-order valence-electron chi connectivity index (χ1n) is 8.04. The second-order valence-electron chi connectivity index (χ2n) is 6.16. The first-order valence-corrected chi connectivity index (χ1v) is 8.04. The van der Waals surface area contributed by atoms with Crippen LogP contribution >= 0.6 is 0 Å². The topological polar surface area (TPSA) is 15.3 Å². The third-order valence-corrected chi connectivity index (χ3v) is 5.37. The summed E-state index contributed by atoms with van der Waals surface area (Å²) in [6, 6.07) is 0.630. The summed E-state index contributed by atoms with van der Waals surface area (Å²) in [4.78, 5) is 2.73. The summed E-state index contributed by atoms with van der Waals surface area (Å²) in [6.07, 6.45) is 7.97. The van der Waals surface area contributed by atoms with Crippen LogP contribution in [0.4, 0.5) is 0 Å². The van der Waals surface area contributed by atoms with E-state index in [1.165, 1.54) is 51.6 Å². The molecule has 0 aromatic carbocycles. The van der Waals surface area contributed by atoms with Gasteiger partial charge in [0.15, 0.2) is 0 Å². The molecule has 1 N–H and O–H groups in total. The summed E-state index contributed by atoms with van der Waals surface area (Å²) in [5.74, 6) is 0.871. The van der Waals surface area contributed by atoms with Crippen LogP contribution in [0.1, 0.15) is 66.2 Å². The van der Waals surface area contributed by atoms with Crippen molar-refractivity contribution in [2.24, 2.45) is 5.92 Å². The number of likely N-dealkylation sites (tertiary alicyclic amines) is 1. The fraction of sp³-hybridized carbons (Fsp3) is 1.00. The van der Waals surface area contributed by atoms with Crippen LogP contribution in [0.25, 0.3) is 0 Å². The molecule has 18 heavy (non-hydrogen) atoms. The molecule has 0 aromatic heterocycles. The summed E-state index contributed by atoms with van der Waals surface area (Å²) in [7, 11) is 2.15. The van der Waals surface area contributed by atoms with Gasteiger partial charge >= 0.3 is 0 Å². The highest BCUT2D eigenvalue weighted by Crippen LogP contribution is 2.31. The van der Waals surface area contributed by atoms with E-state index in [4.69, 9.17) is 0 Å². The molecule has 1 saturated heterocycles. The number of rotatable bonds is 8. The van der Waals surface area contributed by atoms with Crippen molar-refractivity contribution in [1.82, 2.24) is 10.2 Å². The second kappa shape index (κ2) is 7.49. The largest absolute Gasteiger partial charge is 0.315 e. The Hall–Kier alpha value is -0.0800. The molecule has 2 heteroatoms. The molecule has 0 spiro atoms. The molecule has 2 nitrogen and oxygen atoms in total. The van der Waals surface area contributed by atoms with E-state index in [1.807, 2.05) is 0 Å². The maximum absolute atomic E-state index is 3.63. The first kappa shape index (κ1) is 16.0. The number of hydrogen-bond acceptors (Lipinski definition) is 2. The molecule has 2 atom stereocenters. The fourth-order valence-electron chi connectivity index (χ4n) is 3.56. The molecular weight excluding hydrogens is 220 g/mol. The predicted molar refractivity (Wildman–Crippen MR) is 81.0 cm³/mol. The molecule has 0 saturated carbocycles. The van der Waals surface area contributed by atoms with Crippen LogP contribution in [0.15, 0.2) is 0 Å². The van der Waals surface area contributed by atoms with Crippen molar-refractivity contribution in [2.75, 3.05) is 20.1 Å². The Morgan fingerprint density at radius 3 is 2.06 bits per heavy atom. The molecule has 2 unspecified atom stereocenters. The van der Waals surface area contributed by atoms with Crippen molar-refractivity contribution < 1.29 is 0 Å². The minimum Gasteiger partial charge on any atom is -0.315 e. The molecule has 0 bridgehead atoms. The van der Waals surface area contributed by atoms with E-state index in [9.17, 15) is 0 Å². The van der Waals surface area contributed by atoms with Crippen LogP contribution in [0, 0.1) is 5.92 Å².